The molecule has 2 aromatic rings. The molecule has 0 radical (unpaired) electrons. The molecule has 1 amide bonds. The first-order chi connectivity index (χ1) is 10.3. The number of hydrogen-bond acceptors (Lipinski definition) is 1. The van der Waals surface area contributed by atoms with Gasteiger partial charge in [-0.15, -0.1) is 0 Å². The number of para-hydroxylation sites is 1. The Morgan fingerprint density at radius 2 is 1.57 bits per heavy atom. The summed E-state index contributed by atoms with van der Waals surface area (Å²) in [6.45, 7) is 2.08. The maximum atomic E-state index is 11.9. The summed E-state index contributed by atoms with van der Waals surface area (Å²) in [5.41, 5.74) is 3.06. The number of anilines is 1. The van der Waals surface area contributed by atoms with Gasteiger partial charge in [0.25, 0.3) is 0 Å². The van der Waals surface area contributed by atoms with Crippen molar-refractivity contribution in [1.82, 2.24) is 0 Å². The van der Waals surface area contributed by atoms with Crippen LogP contribution in [0.1, 0.15) is 18.9 Å². The molecule has 0 aliphatic rings. The van der Waals surface area contributed by atoms with E-state index in [1.165, 1.54) is 0 Å². The van der Waals surface area contributed by atoms with Crippen LogP contribution in [0.5, 0.6) is 0 Å². The molecule has 0 saturated carbocycles. The molecule has 21 heavy (non-hydrogen) atoms. The van der Waals surface area contributed by atoms with E-state index in [4.69, 9.17) is 0 Å². The molecule has 2 heteroatoms. The van der Waals surface area contributed by atoms with Gasteiger partial charge in [0.1, 0.15) is 0 Å². The first-order valence-corrected chi connectivity index (χ1v) is 7.07. The number of amides is 1. The highest BCUT2D eigenvalue weighted by Crippen LogP contribution is 2.11. The van der Waals surface area contributed by atoms with Gasteiger partial charge in [-0.3, -0.25) is 4.79 Å². The molecule has 1 N–H and O–H groups in total. The van der Waals surface area contributed by atoms with Crippen LogP contribution in [0, 0.1) is 0 Å². The Bertz CT molecular complexity index is 627. The van der Waals surface area contributed by atoms with Crippen LogP contribution in [0.3, 0.4) is 0 Å². The first kappa shape index (κ1) is 14.8. The second-order valence-electron chi connectivity index (χ2n) is 4.67. The molecule has 0 aromatic heterocycles. The summed E-state index contributed by atoms with van der Waals surface area (Å²) in [6, 6.07) is 19.5. The third-order valence-corrected chi connectivity index (χ3v) is 3.05. The molecule has 0 aliphatic carbocycles. The third-order valence-electron chi connectivity index (χ3n) is 3.05. The second-order valence-corrected chi connectivity index (χ2v) is 4.67. The summed E-state index contributed by atoms with van der Waals surface area (Å²) in [4.78, 5) is 11.9. The molecule has 0 spiro atoms. The SMILES string of the molecule is CCC(/C=C/C(=O)Nc1ccccc1)=C\c1ccccc1. The Labute approximate surface area is 125 Å². The monoisotopic (exact) mass is 277 g/mol. The molecular formula is C19H19NO. The minimum absolute atomic E-state index is 0.117. The Hall–Kier alpha value is -2.61. The van der Waals surface area contributed by atoms with Crippen molar-refractivity contribution >= 4 is 17.7 Å². The van der Waals surface area contributed by atoms with Gasteiger partial charge in [0.2, 0.25) is 5.91 Å². The van der Waals surface area contributed by atoms with Crippen LogP contribution in [0.4, 0.5) is 5.69 Å². The van der Waals surface area contributed by atoms with Crippen molar-refractivity contribution in [3.8, 4) is 0 Å². The van der Waals surface area contributed by atoms with E-state index in [9.17, 15) is 4.79 Å². The van der Waals surface area contributed by atoms with Gasteiger partial charge in [-0.2, -0.15) is 0 Å². The van der Waals surface area contributed by atoms with E-state index in [1.807, 2.05) is 66.7 Å². The highest BCUT2D eigenvalue weighted by atomic mass is 16.1. The fraction of sp³-hybridized carbons (Fsp3) is 0.105. The summed E-state index contributed by atoms with van der Waals surface area (Å²) in [5.74, 6) is -0.117. The molecule has 2 rings (SSSR count). The number of hydrogen-bond donors (Lipinski definition) is 1. The molecule has 2 aromatic carbocycles. The topological polar surface area (TPSA) is 29.1 Å². The van der Waals surface area contributed by atoms with Gasteiger partial charge < -0.3 is 5.32 Å². The van der Waals surface area contributed by atoms with Crippen molar-refractivity contribution in [2.24, 2.45) is 0 Å². The van der Waals surface area contributed by atoms with Crippen LogP contribution < -0.4 is 5.32 Å². The van der Waals surface area contributed by atoms with Gasteiger partial charge >= 0.3 is 0 Å². The molecule has 0 atom stereocenters. The lowest BCUT2D eigenvalue weighted by Gasteiger charge is -2.02. The minimum atomic E-state index is -0.117. The van der Waals surface area contributed by atoms with Gasteiger partial charge in [0, 0.05) is 11.8 Å². The Morgan fingerprint density at radius 3 is 2.19 bits per heavy atom. The van der Waals surface area contributed by atoms with Crippen molar-refractivity contribution in [2.45, 2.75) is 13.3 Å². The highest BCUT2D eigenvalue weighted by Gasteiger charge is 1.97. The first-order valence-electron chi connectivity index (χ1n) is 7.07. The van der Waals surface area contributed by atoms with Crippen LogP contribution in [0.2, 0.25) is 0 Å². The van der Waals surface area contributed by atoms with Crippen LogP contribution in [0.25, 0.3) is 6.08 Å². The fourth-order valence-electron chi connectivity index (χ4n) is 1.92. The lowest BCUT2D eigenvalue weighted by Crippen LogP contribution is -2.07. The molecule has 2 nitrogen and oxygen atoms in total. The molecule has 0 bridgehead atoms. The van der Waals surface area contributed by atoms with Crippen LogP contribution in [-0.2, 0) is 4.79 Å². The summed E-state index contributed by atoms with van der Waals surface area (Å²) in [7, 11) is 0. The maximum absolute atomic E-state index is 11.9. The molecule has 0 fully saturated rings. The van der Waals surface area contributed by atoms with Gasteiger partial charge in [-0.05, 0) is 29.7 Å². The zero-order valence-electron chi connectivity index (χ0n) is 12.1. The van der Waals surface area contributed by atoms with Gasteiger partial charge in [-0.1, -0.05) is 67.6 Å². The molecule has 0 heterocycles. The number of benzene rings is 2. The largest absolute Gasteiger partial charge is 0.323 e. The fourth-order valence-corrected chi connectivity index (χ4v) is 1.92. The van der Waals surface area contributed by atoms with E-state index < -0.39 is 0 Å². The number of rotatable bonds is 5. The van der Waals surface area contributed by atoms with Crippen molar-refractivity contribution in [1.29, 1.82) is 0 Å². The highest BCUT2D eigenvalue weighted by molar-refractivity contribution is 5.99. The standard InChI is InChI=1S/C19H19NO/c1-2-16(15-17-9-5-3-6-10-17)13-14-19(21)20-18-11-7-4-8-12-18/h3-15H,2H2,1H3,(H,20,21)/b14-13+,16-15+. The number of carbonyl (C=O) groups is 1. The van der Waals surface area contributed by atoms with Crippen LogP contribution in [-0.4, -0.2) is 5.91 Å². The third kappa shape index (κ3) is 5.11. The Morgan fingerprint density at radius 1 is 0.952 bits per heavy atom. The maximum Gasteiger partial charge on any atom is 0.248 e. The van der Waals surface area contributed by atoms with Gasteiger partial charge in [0.05, 0.1) is 0 Å². The second kappa shape index (κ2) is 7.85. The zero-order chi connectivity index (χ0) is 14.9. The summed E-state index contributed by atoms with van der Waals surface area (Å²) in [6.07, 6.45) is 6.41. The van der Waals surface area contributed by atoms with Gasteiger partial charge in [0.15, 0.2) is 0 Å². The van der Waals surface area contributed by atoms with Crippen LogP contribution in [0.15, 0.2) is 78.4 Å². The van der Waals surface area contributed by atoms with Crippen molar-refractivity contribution < 1.29 is 4.79 Å². The predicted octanol–water partition coefficient (Wildman–Crippen LogP) is 4.67. The number of nitrogens with one attached hydrogen (secondary N) is 1. The van der Waals surface area contributed by atoms with Crippen molar-refractivity contribution in [2.75, 3.05) is 5.32 Å². The van der Waals surface area contributed by atoms with Gasteiger partial charge in [-0.25, -0.2) is 0 Å². The van der Waals surface area contributed by atoms with E-state index >= 15 is 0 Å². The predicted molar refractivity (Wildman–Crippen MR) is 88.9 cm³/mol. The average molecular weight is 277 g/mol. The quantitative estimate of drug-likeness (QED) is 0.624. The Kier molecular flexibility index (Phi) is 5.53. The minimum Gasteiger partial charge on any atom is -0.323 e. The average Bonchev–Trinajstić information content (AvgIpc) is 2.53. The molecule has 0 aliphatic heterocycles. The Balaban J connectivity index is 2.01. The van der Waals surface area contributed by atoms with Crippen molar-refractivity contribution in [3.63, 3.8) is 0 Å². The van der Waals surface area contributed by atoms with E-state index in [0.717, 1.165) is 23.2 Å². The van der Waals surface area contributed by atoms with E-state index in [0.29, 0.717) is 0 Å². The van der Waals surface area contributed by atoms with E-state index in [-0.39, 0.29) is 5.91 Å². The zero-order valence-corrected chi connectivity index (χ0v) is 12.1. The summed E-state index contributed by atoms with van der Waals surface area (Å²) < 4.78 is 0. The molecule has 0 saturated heterocycles. The van der Waals surface area contributed by atoms with E-state index in [2.05, 4.69) is 18.3 Å². The molecule has 0 unspecified atom stereocenters. The molecular weight excluding hydrogens is 258 g/mol. The lowest BCUT2D eigenvalue weighted by molar-refractivity contribution is -0.111. The number of carbonyl (C=O) groups excluding carboxylic acids is 1. The smallest absolute Gasteiger partial charge is 0.248 e. The van der Waals surface area contributed by atoms with Crippen molar-refractivity contribution in [3.05, 3.63) is 84.0 Å². The molecule has 106 valence electrons. The van der Waals surface area contributed by atoms with Crippen LogP contribution >= 0.6 is 0 Å². The number of allylic oxidation sites excluding steroid dienone is 2. The normalized spacial score (nSPS) is 11.6. The summed E-state index contributed by atoms with van der Waals surface area (Å²) in [5, 5.41) is 2.83. The van der Waals surface area contributed by atoms with E-state index in [1.54, 1.807) is 6.08 Å². The summed E-state index contributed by atoms with van der Waals surface area (Å²) >= 11 is 0. The lowest BCUT2D eigenvalue weighted by atomic mass is 10.1.